The molecule has 10 heteroatoms. The highest BCUT2D eigenvalue weighted by molar-refractivity contribution is 5.95. The van der Waals surface area contributed by atoms with Gasteiger partial charge in [0.25, 0.3) is 5.69 Å². The van der Waals surface area contributed by atoms with Crippen molar-refractivity contribution < 1.29 is 14.5 Å². The van der Waals surface area contributed by atoms with E-state index in [1.807, 2.05) is 0 Å². The summed E-state index contributed by atoms with van der Waals surface area (Å²) in [5.74, 6) is -1.03. The Morgan fingerprint density at radius 1 is 1.35 bits per heavy atom. The SMILES string of the molecule is COC(=O)C1=C(C)Nc2nc(=O)[nH]c(N)c2C1c1ccc([N+](=O)[O-])cc1. The lowest BCUT2D eigenvalue weighted by atomic mass is 9.82. The van der Waals surface area contributed by atoms with Gasteiger partial charge in [0.15, 0.2) is 0 Å². The number of benzene rings is 1. The summed E-state index contributed by atoms with van der Waals surface area (Å²) in [5.41, 5.74) is 6.94. The number of carbonyl (C=O) groups is 1. The van der Waals surface area contributed by atoms with E-state index in [4.69, 9.17) is 10.5 Å². The van der Waals surface area contributed by atoms with Gasteiger partial charge in [0.2, 0.25) is 0 Å². The molecule has 10 nitrogen and oxygen atoms in total. The summed E-state index contributed by atoms with van der Waals surface area (Å²) in [7, 11) is 1.25. The van der Waals surface area contributed by atoms with Crippen molar-refractivity contribution in [1.29, 1.82) is 0 Å². The molecular weight excluding hydrogens is 342 g/mol. The first-order valence-corrected chi connectivity index (χ1v) is 7.53. The van der Waals surface area contributed by atoms with E-state index in [1.54, 1.807) is 6.92 Å². The number of anilines is 2. The molecule has 1 aromatic heterocycles. The van der Waals surface area contributed by atoms with Crippen molar-refractivity contribution >= 4 is 23.3 Å². The molecule has 0 spiro atoms. The number of hydrogen-bond donors (Lipinski definition) is 3. The summed E-state index contributed by atoms with van der Waals surface area (Å²) in [5, 5.41) is 13.8. The second-order valence-electron chi connectivity index (χ2n) is 5.65. The number of nitrogens with two attached hydrogens (primary N) is 1. The van der Waals surface area contributed by atoms with Crippen LogP contribution in [0.3, 0.4) is 0 Å². The molecule has 0 aliphatic carbocycles. The highest BCUT2D eigenvalue weighted by Crippen LogP contribution is 2.43. The van der Waals surface area contributed by atoms with Gasteiger partial charge in [-0.05, 0) is 12.5 Å². The van der Waals surface area contributed by atoms with Crippen LogP contribution in [-0.2, 0) is 9.53 Å². The largest absolute Gasteiger partial charge is 0.466 e. The zero-order valence-corrected chi connectivity index (χ0v) is 13.9. The predicted octanol–water partition coefficient (Wildman–Crippen LogP) is 1.26. The number of nitrogens with one attached hydrogen (secondary N) is 2. The number of esters is 1. The van der Waals surface area contributed by atoms with Gasteiger partial charge in [-0.15, -0.1) is 0 Å². The van der Waals surface area contributed by atoms with E-state index in [9.17, 15) is 19.7 Å². The maximum atomic E-state index is 12.4. The van der Waals surface area contributed by atoms with E-state index in [2.05, 4.69) is 15.3 Å². The highest BCUT2D eigenvalue weighted by Gasteiger charge is 2.36. The number of hydrogen-bond acceptors (Lipinski definition) is 8. The number of nitro benzene ring substituents is 1. The Morgan fingerprint density at radius 3 is 2.58 bits per heavy atom. The van der Waals surface area contributed by atoms with Gasteiger partial charge in [-0.1, -0.05) is 12.1 Å². The van der Waals surface area contributed by atoms with Crippen LogP contribution in [0.1, 0.15) is 24.0 Å². The Kier molecular flexibility index (Phi) is 4.16. The van der Waals surface area contributed by atoms with Crippen molar-refractivity contribution in [3.05, 3.63) is 67.3 Å². The Morgan fingerprint density at radius 2 is 2.00 bits per heavy atom. The molecule has 1 aliphatic heterocycles. The molecule has 2 heterocycles. The molecule has 0 fully saturated rings. The Labute approximate surface area is 146 Å². The molecule has 0 amide bonds. The number of nitrogens with zero attached hydrogens (tertiary/aromatic N) is 2. The van der Waals surface area contributed by atoms with Gasteiger partial charge in [-0.25, -0.2) is 9.59 Å². The quantitative estimate of drug-likeness (QED) is 0.421. The topological polar surface area (TPSA) is 153 Å². The van der Waals surface area contributed by atoms with Gasteiger partial charge in [-0.3, -0.25) is 15.1 Å². The summed E-state index contributed by atoms with van der Waals surface area (Å²) < 4.78 is 4.87. The summed E-state index contributed by atoms with van der Waals surface area (Å²) >= 11 is 0. The summed E-state index contributed by atoms with van der Waals surface area (Å²) in [6, 6.07) is 5.71. The van der Waals surface area contributed by atoms with Gasteiger partial charge >= 0.3 is 11.7 Å². The van der Waals surface area contributed by atoms with E-state index in [0.29, 0.717) is 16.8 Å². The molecule has 1 aromatic carbocycles. The van der Waals surface area contributed by atoms with Crippen molar-refractivity contribution in [2.45, 2.75) is 12.8 Å². The number of H-pyrrole nitrogens is 1. The van der Waals surface area contributed by atoms with E-state index in [0.717, 1.165) is 0 Å². The number of nitro groups is 1. The van der Waals surface area contributed by atoms with Crippen LogP contribution in [0.5, 0.6) is 0 Å². The van der Waals surface area contributed by atoms with Crippen molar-refractivity contribution in [3.63, 3.8) is 0 Å². The van der Waals surface area contributed by atoms with E-state index in [-0.39, 0.29) is 22.9 Å². The third-order valence-corrected chi connectivity index (χ3v) is 4.13. The summed E-state index contributed by atoms with van der Waals surface area (Å²) in [6.07, 6.45) is 0. The second-order valence-corrected chi connectivity index (χ2v) is 5.65. The minimum absolute atomic E-state index is 0.0461. The fourth-order valence-electron chi connectivity index (χ4n) is 3.00. The third kappa shape index (κ3) is 2.77. The predicted molar refractivity (Wildman–Crippen MR) is 92.5 cm³/mol. The van der Waals surface area contributed by atoms with Crippen LogP contribution in [0.2, 0.25) is 0 Å². The number of aromatic amines is 1. The lowest BCUT2D eigenvalue weighted by Crippen LogP contribution is -2.28. The maximum Gasteiger partial charge on any atom is 0.348 e. The number of carbonyl (C=O) groups excluding carboxylic acids is 1. The molecule has 1 atom stereocenters. The third-order valence-electron chi connectivity index (χ3n) is 4.13. The number of non-ortho nitro benzene ring substituents is 1. The molecule has 0 bridgehead atoms. The molecular formula is C16H15N5O5. The second kappa shape index (κ2) is 6.31. The first-order valence-electron chi connectivity index (χ1n) is 7.53. The normalized spacial score (nSPS) is 15.8. The summed E-state index contributed by atoms with van der Waals surface area (Å²) in [4.78, 5) is 40.6. The standard InChI is InChI=1S/C16H15N5O5/c1-7-10(15(22)26-2)11(8-3-5-9(6-4-8)21(24)25)12-13(17)19-16(23)20-14(12)18-7/h3-6,11H,1-2H3,(H4,17,18,19,20,23). The zero-order chi connectivity index (χ0) is 19.0. The number of allylic oxidation sites excluding steroid dienone is 1. The van der Waals surface area contributed by atoms with E-state index in [1.165, 1.54) is 31.4 Å². The van der Waals surface area contributed by atoms with E-state index < -0.39 is 22.5 Å². The van der Waals surface area contributed by atoms with Crippen LogP contribution in [0.15, 0.2) is 40.3 Å². The van der Waals surface area contributed by atoms with Crippen LogP contribution in [0.25, 0.3) is 0 Å². The monoisotopic (exact) mass is 357 g/mol. The molecule has 0 saturated heterocycles. The molecule has 4 N–H and O–H groups in total. The van der Waals surface area contributed by atoms with Crippen LogP contribution >= 0.6 is 0 Å². The van der Waals surface area contributed by atoms with Crippen molar-refractivity contribution in [3.8, 4) is 0 Å². The van der Waals surface area contributed by atoms with Crippen LogP contribution in [0, 0.1) is 10.1 Å². The van der Waals surface area contributed by atoms with Gasteiger partial charge in [-0.2, -0.15) is 4.98 Å². The van der Waals surface area contributed by atoms with Gasteiger partial charge in [0.1, 0.15) is 11.6 Å². The molecule has 1 aliphatic rings. The molecule has 1 unspecified atom stereocenters. The number of fused-ring (bicyclic) bond motifs is 1. The lowest BCUT2D eigenvalue weighted by Gasteiger charge is -2.29. The molecule has 0 saturated carbocycles. The fraction of sp³-hybridized carbons (Fsp3) is 0.188. The Balaban J connectivity index is 2.25. The molecule has 134 valence electrons. The number of rotatable bonds is 3. The van der Waals surface area contributed by atoms with Crippen molar-refractivity contribution in [2.75, 3.05) is 18.2 Å². The first-order chi connectivity index (χ1) is 12.3. The number of methoxy groups -OCH3 is 1. The minimum Gasteiger partial charge on any atom is -0.466 e. The zero-order valence-electron chi connectivity index (χ0n) is 13.9. The Hall–Kier alpha value is -3.69. The van der Waals surface area contributed by atoms with Gasteiger partial charge < -0.3 is 15.8 Å². The molecule has 3 rings (SSSR count). The van der Waals surface area contributed by atoms with Crippen LogP contribution in [-0.4, -0.2) is 28.0 Å². The number of aromatic nitrogens is 2. The number of ether oxygens (including phenoxy) is 1. The highest BCUT2D eigenvalue weighted by atomic mass is 16.6. The average molecular weight is 357 g/mol. The van der Waals surface area contributed by atoms with Crippen molar-refractivity contribution in [2.24, 2.45) is 0 Å². The minimum atomic E-state index is -0.705. The average Bonchev–Trinajstić information content (AvgIpc) is 2.59. The summed E-state index contributed by atoms with van der Waals surface area (Å²) in [6.45, 7) is 1.65. The van der Waals surface area contributed by atoms with Crippen LogP contribution in [0.4, 0.5) is 17.3 Å². The maximum absolute atomic E-state index is 12.4. The van der Waals surface area contributed by atoms with E-state index >= 15 is 0 Å². The van der Waals surface area contributed by atoms with Crippen molar-refractivity contribution in [1.82, 2.24) is 9.97 Å². The van der Waals surface area contributed by atoms with Crippen LogP contribution < -0.4 is 16.7 Å². The smallest absolute Gasteiger partial charge is 0.348 e. The molecule has 0 radical (unpaired) electrons. The number of nitrogen functional groups attached to an aromatic ring is 1. The lowest BCUT2D eigenvalue weighted by molar-refractivity contribution is -0.384. The Bertz CT molecular complexity index is 993. The van der Waals surface area contributed by atoms with Gasteiger partial charge in [0.05, 0.1) is 23.5 Å². The fourth-order valence-corrected chi connectivity index (χ4v) is 3.00. The molecule has 26 heavy (non-hydrogen) atoms. The van der Waals surface area contributed by atoms with Gasteiger partial charge in [0, 0.05) is 23.4 Å². The molecule has 2 aromatic rings. The first kappa shape index (κ1) is 17.1.